The molecule has 0 radical (unpaired) electrons. The fourth-order valence-corrected chi connectivity index (χ4v) is 2.64. The number of benzene rings is 2. The fraction of sp³-hybridized carbons (Fsp3) is 0.200. The van der Waals surface area contributed by atoms with Crippen LogP contribution in [0.1, 0.15) is 24.1 Å². The zero-order valence-electron chi connectivity index (χ0n) is 10.3. The van der Waals surface area contributed by atoms with Crippen LogP contribution in [0.25, 0.3) is 0 Å². The average Bonchev–Trinajstić information content (AvgIpc) is 2.40. The van der Waals surface area contributed by atoms with Crippen molar-refractivity contribution in [3.8, 4) is 5.75 Å². The molecule has 2 rings (SSSR count). The molecule has 3 heteroatoms. The van der Waals surface area contributed by atoms with Gasteiger partial charge >= 0.3 is 0 Å². The number of nitrogens with two attached hydrogens (primary N) is 1. The Kier molecular flexibility index (Phi) is 4.60. The highest BCUT2D eigenvalue weighted by atomic mass is 127. The number of ether oxygens (including phenoxy) is 1. The van der Waals surface area contributed by atoms with Gasteiger partial charge < -0.3 is 10.5 Å². The summed E-state index contributed by atoms with van der Waals surface area (Å²) >= 11 is 2.31. The second kappa shape index (κ2) is 6.20. The quantitative estimate of drug-likeness (QED) is 0.850. The van der Waals surface area contributed by atoms with Gasteiger partial charge in [-0.3, -0.25) is 0 Å². The molecular weight excluding hydrogens is 337 g/mol. The molecule has 0 aliphatic carbocycles. The van der Waals surface area contributed by atoms with E-state index >= 15 is 0 Å². The average molecular weight is 353 g/mol. The molecule has 0 aliphatic rings. The van der Waals surface area contributed by atoms with Gasteiger partial charge in [0.05, 0.1) is 12.6 Å². The summed E-state index contributed by atoms with van der Waals surface area (Å²) in [5.41, 5.74) is 8.52. The SMILES string of the molecule is CCOc1ccccc1C(N)c1ccccc1I. The molecule has 2 aromatic rings. The zero-order valence-corrected chi connectivity index (χ0v) is 12.4. The summed E-state index contributed by atoms with van der Waals surface area (Å²) in [4.78, 5) is 0. The lowest BCUT2D eigenvalue weighted by Gasteiger charge is -2.18. The van der Waals surface area contributed by atoms with Crippen LogP contribution in [-0.4, -0.2) is 6.61 Å². The second-order valence-electron chi connectivity index (χ2n) is 3.97. The summed E-state index contributed by atoms with van der Waals surface area (Å²) in [6.45, 7) is 2.63. The van der Waals surface area contributed by atoms with Crippen LogP contribution in [-0.2, 0) is 0 Å². The van der Waals surface area contributed by atoms with Gasteiger partial charge in [-0.1, -0.05) is 36.4 Å². The van der Waals surface area contributed by atoms with Crippen LogP contribution < -0.4 is 10.5 Å². The minimum Gasteiger partial charge on any atom is -0.494 e. The number of hydrogen-bond donors (Lipinski definition) is 1. The highest BCUT2D eigenvalue weighted by Crippen LogP contribution is 2.30. The Morgan fingerprint density at radius 2 is 1.67 bits per heavy atom. The molecule has 0 aliphatic heterocycles. The molecule has 0 aromatic heterocycles. The van der Waals surface area contributed by atoms with E-state index in [2.05, 4.69) is 34.7 Å². The Morgan fingerprint density at radius 1 is 1.06 bits per heavy atom. The van der Waals surface area contributed by atoms with Crippen molar-refractivity contribution in [2.24, 2.45) is 5.73 Å². The first-order valence-electron chi connectivity index (χ1n) is 5.95. The summed E-state index contributed by atoms with van der Waals surface area (Å²) in [6.07, 6.45) is 0. The van der Waals surface area contributed by atoms with E-state index in [4.69, 9.17) is 10.5 Å². The molecule has 94 valence electrons. The monoisotopic (exact) mass is 353 g/mol. The maximum Gasteiger partial charge on any atom is 0.124 e. The molecular formula is C15H16INO. The van der Waals surface area contributed by atoms with Crippen molar-refractivity contribution in [1.82, 2.24) is 0 Å². The predicted molar refractivity (Wildman–Crippen MR) is 82.8 cm³/mol. The summed E-state index contributed by atoms with van der Waals surface area (Å²) in [6, 6.07) is 16.0. The fourth-order valence-electron chi connectivity index (χ4n) is 1.92. The van der Waals surface area contributed by atoms with Crippen molar-refractivity contribution < 1.29 is 4.74 Å². The Hall–Kier alpha value is -1.07. The van der Waals surface area contributed by atoms with E-state index < -0.39 is 0 Å². The molecule has 1 atom stereocenters. The van der Waals surface area contributed by atoms with Crippen molar-refractivity contribution in [3.63, 3.8) is 0 Å². The molecule has 0 heterocycles. The predicted octanol–water partition coefficient (Wildman–Crippen LogP) is 3.74. The van der Waals surface area contributed by atoms with E-state index in [9.17, 15) is 0 Å². The molecule has 2 nitrogen and oxygen atoms in total. The van der Waals surface area contributed by atoms with Crippen LogP contribution in [0.5, 0.6) is 5.75 Å². The number of rotatable bonds is 4. The Bertz CT molecular complexity index is 527. The summed E-state index contributed by atoms with van der Waals surface area (Å²) < 4.78 is 6.81. The third kappa shape index (κ3) is 2.84. The Balaban J connectivity index is 2.40. The summed E-state index contributed by atoms with van der Waals surface area (Å²) in [5, 5.41) is 0. The molecule has 1 unspecified atom stereocenters. The number of hydrogen-bond acceptors (Lipinski definition) is 2. The summed E-state index contributed by atoms with van der Waals surface area (Å²) in [7, 11) is 0. The molecule has 2 aromatic carbocycles. The molecule has 0 saturated carbocycles. The first-order valence-corrected chi connectivity index (χ1v) is 7.03. The molecule has 2 N–H and O–H groups in total. The van der Waals surface area contributed by atoms with Crippen molar-refractivity contribution in [1.29, 1.82) is 0 Å². The summed E-state index contributed by atoms with van der Waals surface area (Å²) in [5.74, 6) is 0.868. The standard InChI is InChI=1S/C15H16INO/c1-2-18-14-10-6-4-8-12(14)15(17)11-7-3-5-9-13(11)16/h3-10,15H,2,17H2,1H3. The highest BCUT2D eigenvalue weighted by molar-refractivity contribution is 14.1. The zero-order chi connectivity index (χ0) is 13.0. The van der Waals surface area contributed by atoms with E-state index in [1.807, 2.05) is 43.3 Å². The van der Waals surface area contributed by atoms with E-state index in [0.29, 0.717) is 6.61 Å². The minimum atomic E-state index is -0.152. The van der Waals surface area contributed by atoms with Gasteiger partial charge in [-0.25, -0.2) is 0 Å². The third-order valence-electron chi connectivity index (χ3n) is 2.79. The first kappa shape index (κ1) is 13.4. The maximum atomic E-state index is 6.36. The van der Waals surface area contributed by atoms with Gasteiger partial charge in [0.25, 0.3) is 0 Å². The van der Waals surface area contributed by atoms with Crippen LogP contribution in [0.2, 0.25) is 0 Å². The van der Waals surface area contributed by atoms with E-state index in [1.165, 1.54) is 3.57 Å². The lowest BCUT2D eigenvalue weighted by atomic mass is 9.99. The van der Waals surface area contributed by atoms with Crippen molar-refractivity contribution in [2.45, 2.75) is 13.0 Å². The largest absolute Gasteiger partial charge is 0.494 e. The molecule has 0 amide bonds. The van der Waals surface area contributed by atoms with Crippen LogP contribution >= 0.6 is 22.6 Å². The normalized spacial score (nSPS) is 12.2. The smallest absolute Gasteiger partial charge is 0.124 e. The first-order chi connectivity index (χ1) is 8.74. The second-order valence-corrected chi connectivity index (χ2v) is 5.13. The minimum absolute atomic E-state index is 0.152. The number of halogens is 1. The molecule has 0 spiro atoms. The van der Waals surface area contributed by atoms with Crippen molar-refractivity contribution in [2.75, 3.05) is 6.61 Å². The van der Waals surface area contributed by atoms with Crippen molar-refractivity contribution in [3.05, 3.63) is 63.2 Å². The van der Waals surface area contributed by atoms with Gasteiger partial charge in [0, 0.05) is 9.13 Å². The van der Waals surface area contributed by atoms with Crippen LogP contribution in [0.3, 0.4) is 0 Å². The van der Waals surface area contributed by atoms with E-state index in [0.717, 1.165) is 16.9 Å². The highest BCUT2D eigenvalue weighted by Gasteiger charge is 2.15. The van der Waals surface area contributed by atoms with E-state index in [1.54, 1.807) is 0 Å². The third-order valence-corrected chi connectivity index (χ3v) is 3.78. The topological polar surface area (TPSA) is 35.2 Å². The van der Waals surface area contributed by atoms with Gasteiger partial charge in [-0.2, -0.15) is 0 Å². The Morgan fingerprint density at radius 3 is 2.33 bits per heavy atom. The van der Waals surface area contributed by atoms with E-state index in [-0.39, 0.29) is 6.04 Å². The molecule has 18 heavy (non-hydrogen) atoms. The number of para-hydroxylation sites is 1. The van der Waals surface area contributed by atoms with Crippen LogP contribution in [0.15, 0.2) is 48.5 Å². The van der Waals surface area contributed by atoms with Crippen LogP contribution in [0, 0.1) is 3.57 Å². The van der Waals surface area contributed by atoms with Crippen molar-refractivity contribution >= 4 is 22.6 Å². The molecule has 0 saturated heterocycles. The Labute approximate surface area is 121 Å². The van der Waals surface area contributed by atoms with Crippen LogP contribution in [0.4, 0.5) is 0 Å². The van der Waals surface area contributed by atoms with Gasteiger partial charge in [0.15, 0.2) is 0 Å². The van der Waals surface area contributed by atoms with Gasteiger partial charge in [0.1, 0.15) is 5.75 Å². The van der Waals surface area contributed by atoms with Gasteiger partial charge in [-0.05, 0) is 47.2 Å². The van der Waals surface area contributed by atoms with Gasteiger partial charge in [-0.15, -0.1) is 0 Å². The molecule has 0 fully saturated rings. The lowest BCUT2D eigenvalue weighted by molar-refractivity contribution is 0.335. The lowest BCUT2D eigenvalue weighted by Crippen LogP contribution is -2.14. The van der Waals surface area contributed by atoms with Gasteiger partial charge in [0.2, 0.25) is 0 Å². The maximum absolute atomic E-state index is 6.36. The molecule has 0 bridgehead atoms.